The number of amides is 1. The normalized spacial score (nSPS) is 17.7. The van der Waals surface area contributed by atoms with Crippen molar-refractivity contribution < 1.29 is 23.1 Å². The van der Waals surface area contributed by atoms with Crippen molar-refractivity contribution in [2.24, 2.45) is 0 Å². The molecule has 0 unspecified atom stereocenters. The van der Waals surface area contributed by atoms with Crippen molar-refractivity contribution in [3.8, 4) is 0 Å². The van der Waals surface area contributed by atoms with Gasteiger partial charge in [-0.2, -0.15) is 0 Å². The molecule has 0 atom stereocenters. The predicted molar refractivity (Wildman–Crippen MR) is 95.6 cm³/mol. The van der Waals surface area contributed by atoms with E-state index < -0.39 is 16.0 Å². The van der Waals surface area contributed by atoms with Crippen molar-refractivity contribution in [2.45, 2.75) is 51.3 Å². The summed E-state index contributed by atoms with van der Waals surface area (Å²) in [4.78, 5) is 25.0. The van der Waals surface area contributed by atoms with Gasteiger partial charge >= 0.3 is 5.97 Å². The van der Waals surface area contributed by atoms with Gasteiger partial charge in [-0.05, 0) is 19.8 Å². The lowest BCUT2D eigenvalue weighted by Crippen LogP contribution is -2.51. The summed E-state index contributed by atoms with van der Waals surface area (Å²) in [6.45, 7) is 7.93. The third kappa shape index (κ3) is 6.60. The molecule has 1 heterocycles. The van der Waals surface area contributed by atoms with Crippen molar-refractivity contribution in [1.29, 1.82) is 0 Å². The first-order chi connectivity index (χ1) is 11.0. The SMILES string of the molecule is CCS(=O)(=O)N1CCC(N(CC(=O)O)C(=O)CSC(C)(C)C)CC1. The quantitative estimate of drug-likeness (QED) is 0.714. The molecule has 0 spiro atoms. The van der Waals surface area contributed by atoms with E-state index in [-0.39, 0.29) is 34.7 Å². The fourth-order valence-electron chi connectivity index (χ4n) is 2.54. The first-order valence-electron chi connectivity index (χ1n) is 8.09. The Morgan fingerprint density at radius 1 is 1.25 bits per heavy atom. The highest BCUT2D eigenvalue weighted by molar-refractivity contribution is 8.01. The van der Waals surface area contributed by atoms with Crippen molar-refractivity contribution in [3.05, 3.63) is 0 Å². The standard InChI is InChI=1S/C15H28N2O5S2/c1-5-24(21,22)16-8-6-12(7-9-16)17(10-14(19)20)13(18)11-23-15(2,3)4/h12H,5-11H2,1-4H3,(H,19,20). The van der Waals surface area contributed by atoms with Crippen LogP contribution in [0.5, 0.6) is 0 Å². The second-order valence-electron chi connectivity index (χ2n) is 6.85. The maximum atomic E-state index is 12.5. The summed E-state index contributed by atoms with van der Waals surface area (Å²) in [5, 5.41) is 9.10. The highest BCUT2D eigenvalue weighted by atomic mass is 32.2. The molecule has 0 radical (unpaired) electrons. The number of sulfonamides is 1. The smallest absolute Gasteiger partial charge is 0.323 e. The Kier molecular flexibility index (Phi) is 7.55. The van der Waals surface area contributed by atoms with Gasteiger partial charge < -0.3 is 10.0 Å². The van der Waals surface area contributed by atoms with Crippen LogP contribution in [-0.4, -0.2) is 76.5 Å². The van der Waals surface area contributed by atoms with Gasteiger partial charge in [0, 0.05) is 23.9 Å². The number of hydrogen-bond donors (Lipinski definition) is 1. The molecule has 0 aromatic carbocycles. The molecule has 1 aliphatic heterocycles. The van der Waals surface area contributed by atoms with E-state index in [9.17, 15) is 18.0 Å². The Morgan fingerprint density at radius 2 is 1.79 bits per heavy atom. The summed E-state index contributed by atoms with van der Waals surface area (Å²) >= 11 is 1.48. The molecular weight excluding hydrogens is 352 g/mol. The zero-order valence-electron chi connectivity index (χ0n) is 14.8. The maximum Gasteiger partial charge on any atom is 0.323 e. The van der Waals surface area contributed by atoms with Crippen LogP contribution in [0.4, 0.5) is 0 Å². The van der Waals surface area contributed by atoms with Crippen LogP contribution in [0, 0.1) is 0 Å². The molecule has 9 heteroatoms. The van der Waals surface area contributed by atoms with Crippen LogP contribution < -0.4 is 0 Å². The second-order valence-corrected chi connectivity index (χ2v) is 10.9. The van der Waals surface area contributed by atoms with Crippen LogP contribution in [0.3, 0.4) is 0 Å². The monoisotopic (exact) mass is 380 g/mol. The summed E-state index contributed by atoms with van der Waals surface area (Å²) in [6.07, 6.45) is 0.941. The topological polar surface area (TPSA) is 95.0 Å². The molecule has 1 saturated heterocycles. The first kappa shape index (κ1) is 21.2. The van der Waals surface area contributed by atoms with Crippen molar-refractivity contribution in [1.82, 2.24) is 9.21 Å². The third-order valence-electron chi connectivity index (χ3n) is 3.88. The number of rotatable bonds is 7. The minimum Gasteiger partial charge on any atom is -0.480 e. The third-order valence-corrected chi connectivity index (χ3v) is 7.02. The van der Waals surface area contributed by atoms with E-state index in [1.165, 1.54) is 21.0 Å². The average molecular weight is 381 g/mol. The van der Waals surface area contributed by atoms with E-state index in [0.29, 0.717) is 25.9 Å². The van der Waals surface area contributed by atoms with E-state index >= 15 is 0 Å². The van der Waals surface area contributed by atoms with Gasteiger partial charge in [0.1, 0.15) is 6.54 Å². The molecule has 0 aliphatic carbocycles. The second kappa shape index (κ2) is 8.53. The molecule has 7 nitrogen and oxygen atoms in total. The number of carbonyl (C=O) groups excluding carboxylic acids is 1. The Labute approximate surface area is 148 Å². The Morgan fingerprint density at radius 3 is 2.21 bits per heavy atom. The van der Waals surface area contributed by atoms with Crippen LogP contribution in [0.2, 0.25) is 0 Å². The number of piperidine rings is 1. The largest absolute Gasteiger partial charge is 0.480 e. The molecule has 140 valence electrons. The number of aliphatic carboxylic acids is 1. The average Bonchev–Trinajstić information content (AvgIpc) is 2.49. The molecule has 0 aromatic heterocycles. The van der Waals surface area contributed by atoms with Crippen LogP contribution in [-0.2, 0) is 19.6 Å². The first-order valence-corrected chi connectivity index (χ1v) is 10.7. The number of nitrogens with zero attached hydrogens (tertiary/aromatic N) is 2. The minimum atomic E-state index is -3.23. The molecule has 24 heavy (non-hydrogen) atoms. The molecule has 0 saturated carbocycles. The minimum absolute atomic E-state index is 0.0532. The summed E-state index contributed by atoms with van der Waals surface area (Å²) in [5.41, 5.74) is 0. The van der Waals surface area contributed by atoms with Gasteiger partial charge in [0.15, 0.2) is 0 Å². The molecule has 0 aromatic rings. The van der Waals surface area contributed by atoms with Crippen molar-refractivity contribution in [2.75, 3.05) is 31.1 Å². The van der Waals surface area contributed by atoms with E-state index in [1.807, 2.05) is 20.8 Å². The van der Waals surface area contributed by atoms with Gasteiger partial charge in [-0.1, -0.05) is 20.8 Å². The molecule has 1 rings (SSSR count). The Bertz CT molecular complexity index is 549. The summed E-state index contributed by atoms with van der Waals surface area (Å²) in [5.74, 6) is -0.969. The van der Waals surface area contributed by atoms with E-state index in [1.54, 1.807) is 6.92 Å². The van der Waals surface area contributed by atoms with Crippen LogP contribution in [0.15, 0.2) is 0 Å². The molecule has 1 N–H and O–H groups in total. The van der Waals surface area contributed by atoms with Gasteiger partial charge in [0.05, 0.1) is 11.5 Å². The zero-order chi connectivity index (χ0) is 18.5. The van der Waals surface area contributed by atoms with Crippen molar-refractivity contribution in [3.63, 3.8) is 0 Å². The number of carboxylic acid groups (broad SMARTS) is 1. The summed E-state index contributed by atoms with van der Waals surface area (Å²) < 4.78 is 25.2. The Hall–Kier alpha value is -0.800. The van der Waals surface area contributed by atoms with E-state index in [2.05, 4.69) is 0 Å². The maximum absolute atomic E-state index is 12.5. The van der Waals surface area contributed by atoms with Gasteiger partial charge in [0.2, 0.25) is 15.9 Å². The highest BCUT2D eigenvalue weighted by Crippen LogP contribution is 2.25. The van der Waals surface area contributed by atoms with Gasteiger partial charge in [0.25, 0.3) is 0 Å². The van der Waals surface area contributed by atoms with Crippen LogP contribution in [0.25, 0.3) is 0 Å². The molecular formula is C15H28N2O5S2. The lowest BCUT2D eigenvalue weighted by Gasteiger charge is -2.37. The van der Waals surface area contributed by atoms with E-state index in [4.69, 9.17) is 5.11 Å². The van der Waals surface area contributed by atoms with Gasteiger partial charge in [-0.15, -0.1) is 11.8 Å². The molecule has 1 amide bonds. The number of carbonyl (C=O) groups is 2. The number of thioether (sulfide) groups is 1. The molecule has 0 bridgehead atoms. The summed E-state index contributed by atoms with van der Waals surface area (Å²) in [7, 11) is -3.23. The number of hydrogen-bond acceptors (Lipinski definition) is 5. The summed E-state index contributed by atoms with van der Waals surface area (Å²) in [6, 6.07) is -0.225. The number of carboxylic acids is 1. The van der Waals surface area contributed by atoms with Crippen molar-refractivity contribution >= 4 is 33.7 Å². The molecule has 1 aliphatic rings. The fourth-order valence-corrected chi connectivity index (χ4v) is 4.40. The highest BCUT2D eigenvalue weighted by Gasteiger charge is 2.33. The lowest BCUT2D eigenvalue weighted by atomic mass is 10.0. The van der Waals surface area contributed by atoms with Crippen LogP contribution >= 0.6 is 11.8 Å². The van der Waals surface area contributed by atoms with Crippen LogP contribution in [0.1, 0.15) is 40.5 Å². The zero-order valence-corrected chi connectivity index (χ0v) is 16.5. The van der Waals surface area contributed by atoms with Gasteiger partial charge in [-0.25, -0.2) is 12.7 Å². The lowest BCUT2D eigenvalue weighted by molar-refractivity contribution is -0.145. The Balaban J connectivity index is 2.73. The fraction of sp³-hybridized carbons (Fsp3) is 0.867. The van der Waals surface area contributed by atoms with Gasteiger partial charge in [-0.3, -0.25) is 9.59 Å². The predicted octanol–water partition coefficient (Wildman–Crippen LogP) is 1.25. The molecule has 1 fully saturated rings. The van der Waals surface area contributed by atoms with E-state index in [0.717, 1.165) is 0 Å².